The van der Waals surface area contributed by atoms with Gasteiger partial charge in [-0.2, -0.15) is 4.99 Å². The number of fused-ring (bicyclic) bond motifs is 1. The third kappa shape index (κ3) is 3.51. The molecule has 0 N–H and O–H groups in total. The van der Waals surface area contributed by atoms with Crippen LogP contribution in [0.5, 0.6) is 0 Å². The van der Waals surface area contributed by atoms with Crippen molar-refractivity contribution < 1.29 is 23.9 Å². The predicted octanol–water partition coefficient (Wildman–Crippen LogP) is 0.433. The van der Waals surface area contributed by atoms with Crippen LogP contribution < -0.4 is 0 Å². The molecule has 1 atom stereocenters. The quantitative estimate of drug-likeness (QED) is 0.727. The van der Waals surface area contributed by atoms with E-state index < -0.39 is 23.9 Å². The van der Waals surface area contributed by atoms with Crippen LogP contribution in [-0.2, 0) is 14.3 Å². The number of amides is 5. The van der Waals surface area contributed by atoms with Crippen molar-refractivity contribution in [2.24, 2.45) is 10.9 Å². The lowest BCUT2D eigenvalue weighted by Crippen LogP contribution is -2.55. The summed E-state index contributed by atoms with van der Waals surface area (Å²) in [6, 6.07) is -0.722. The first kappa shape index (κ1) is 17.8. The largest absolute Gasteiger partial charge is 0.450 e. The summed E-state index contributed by atoms with van der Waals surface area (Å²) >= 11 is 0. The van der Waals surface area contributed by atoms with E-state index >= 15 is 0 Å². The molecule has 2 aliphatic heterocycles. The Morgan fingerprint density at radius 3 is 2.54 bits per heavy atom. The van der Waals surface area contributed by atoms with Gasteiger partial charge in [-0.3, -0.25) is 14.5 Å². The second-order valence-corrected chi connectivity index (χ2v) is 6.03. The average molecular weight is 360 g/mol. The molecule has 0 spiro atoms. The second-order valence-electron chi connectivity index (χ2n) is 6.03. The first-order valence-corrected chi connectivity index (χ1v) is 8.49. The standard InChI is InChI=1S/C17H20N4O5/c1-2-26-17(25)20-9-7-19(8-10-20)14(22)11-21-15(23)12-5-3-4-6-13(12)18-16(21)24/h3-6,12H,2,7-11H2,1H3. The normalized spacial score (nSPS) is 22.3. The lowest BCUT2D eigenvalue weighted by molar-refractivity contribution is -0.139. The van der Waals surface area contributed by atoms with Crippen molar-refractivity contribution in [3.05, 3.63) is 24.3 Å². The summed E-state index contributed by atoms with van der Waals surface area (Å²) in [6.45, 7) is 3.04. The molecule has 0 aromatic rings. The van der Waals surface area contributed by atoms with Gasteiger partial charge in [-0.15, -0.1) is 0 Å². The molecule has 1 aliphatic carbocycles. The maximum Gasteiger partial charge on any atom is 0.409 e. The lowest BCUT2D eigenvalue weighted by Gasteiger charge is -2.35. The van der Waals surface area contributed by atoms with Crippen molar-refractivity contribution in [2.75, 3.05) is 39.3 Å². The van der Waals surface area contributed by atoms with E-state index in [2.05, 4.69) is 4.99 Å². The van der Waals surface area contributed by atoms with Crippen LogP contribution in [0.3, 0.4) is 0 Å². The number of nitrogens with zero attached hydrogens (tertiary/aromatic N) is 4. The zero-order valence-corrected chi connectivity index (χ0v) is 14.5. The molecule has 0 aromatic heterocycles. The summed E-state index contributed by atoms with van der Waals surface area (Å²) in [6.07, 6.45) is 6.29. The molecule has 2 heterocycles. The molecular formula is C17H20N4O5. The number of piperazine rings is 1. The lowest BCUT2D eigenvalue weighted by atomic mass is 9.95. The Hall–Kier alpha value is -2.97. The van der Waals surface area contributed by atoms with Gasteiger partial charge < -0.3 is 14.5 Å². The van der Waals surface area contributed by atoms with Crippen LogP contribution in [-0.4, -0.2) is 83.7 Å². The van der Waals surface area contributed by atoms with E-state index in [4.69, 9.17) is 4.74 Å². The van der Waals surface area contributed by atoms with Crippen molar-refractivity contribution in [1.82, 2.24) is 14.7 Å². The highest BCUT2D eigenvalue weighted by Gasteiger charge is 2.37. The smallest absolute Gasteiger partial charge is 0.409 e. The topological polar surface area (TPSA) is 99.6 Å². The van der Waals surface area contributed by atoms with E-state index in [9.17, 15) is 19.2 Å². The zero-order valence-electron chi connectivity index (χ0n) is 14.5. The van der Waals surface area contributed by atoms with Crippen molar-refractivity contribution >= 4 is 29.7 Å². The van der Waals surface area contributed by atoms with E-state index in [1.54, 1.807) is 31.2 Å². The summed E-state index contributed by atoms with van der Waals surface area (Å²) < 4.78 is 4.94. The van der Waals surface area contributed by atoms with E-state index in [-0.39, 0.29) is 12.5 Å². The number of allylic oxidation sites excluding steroid dienone is 3. The predicted molar refractivity (Wildman–Crippen MR) is 91.5 cm³/mol. The molecule has 0 radical (unpaired) electrons. The molecule has 5 amide bonds. The number of imide groups is 1. The van der Waals surface area contributed by atoms with Crippen LogP contribution in [0.4, 0.5) is 9.59 Å². The number of carbonyl (C=O) groups is 4. The summed E-state index contributed by atoms with van der Waals surface area (Å²) in [4.78, 5) is 56.6. The third-order valence-electron chi connectivity index (χ3n) is 4.44. The molecule has 3 aliphatic rings. The molecule has 9 nitrogen and oxygen atoms in total. The number of ether oxygens (including phenoxy) is 1. The minimum atomic E-state index is -0.722. The minimum absolute atomic E-state index is 0.296. The van der Waals surface area contributed by atoms with Crippen LogP contribution >= 0.6 is 0 Å². The van der Waals surface area contributed by atoms with Gasteiger partial charge in [-0.1, -0.05) is 18.2 Å². The summed E-state index contributed by atoms with van der Waals surface area (Å²) in [5, 5.41) is 0. The molecule has 0 saturated carbocycles. The number of aliphatic imine (C=N–C) groups is 1. The fourth-order valence-corrected chi connectivity index (χ4v) is 3.01. The van der Waals surface area contributed by atoms with Crippen LogP contribution in [0.15, 0.2) is 29.3 Å². The van der Waals surface area contributed by atoms with Crippen molar-refractivity contribution in [3.8, 4) is 0 Å². The molecule has 1 fully saturated rings. The van der Waals surface area contributed by atoms with Crippen molar-refractivity contribution in [1.29, 1.82) is 0 Å². The van der Waals surface area contributed by atoms with Crippen LogP contribution in [0.25, 0.3) is 0 Å². The van der Waals surface area contributed by atoms with Gasteiger partial charge in [-0.25, -0.2) is 9.59 Å². The van der Waals surface area contributed by atoms with E-state index in [0.717, 1.165) is 4.90 Å². The van der Waals surface area contributed by atoms with E-state index in [0.29, 0.717) is 38.5 Å². The Morgan fingerprint density at radius 1 is 1.15 bits per heavy atom. The number of hydrogen-bond donors (Lipinski definition) is 0. The highest BCUT2D eigenvalue weighted by atomic mass is 16.6. The van der Waals surface area contributed by atoms with Crippen molar-refractivity contribution in [3.63, 3.8) is 0 Å². The molecule has 26 heavy (non-hydrogen) atoms. The van der Waals surface area contributed by atoms with Gasteiger partial charge in [0.15, 0.2) is 0 Å². The summed E-state index contributed by atoms with van der Waals surface area (Å²) in [5.41, 5.74) is 0.397. The maximum atomic E-state index is 12.5. The summed E-state index contributed by atoms with van der Waals surface area (Å²) in [7, 11) is 0. The van der Waals surface area contributed by atoms with E-state index in [1.165, 1.54) is 9.80 Å². The fourth-order valence-electron chi connectivity index (χ4n) is 3.01. The molecule has 0 bridgehead atoms. The number of rotatable bonds is 3. The molecule has 1 unspecified atom stereocenters. The van der Waals surface area contributed by atoms with Gasteiger partial charge in [0.2, 0.25) is 11.8 Å². The number of urea groups is 1. The van der Waals surface area contributed by atoms with Gasteiger partial charge in [-0.05, 0) is 13.0 Å². The SMILES string of the molecule is CCOC(=O)N1CCN(C(=O)CN2C(=O)N=C3C=CC=CC3C2=O)CC1. The Balaban J connectivity index is 1.59. The van der Waals surface area contributed by atoms with Gasteiger partial charge >= 0.3 is 12.1 Å². The molecule has 0 aromatic carbocycles. The highest BCUT2D eigenvalue weighted by Crippen LogP contribution is 2.19. The highest BCUT2D eigenvalue weighted by molar-refractivity contribution is 6.22. The van der Waals surface area contributed by atoms with E-state index in [1.807, 2.05) is 0 Å². The number of hydrogen-bond acceptors (Lipinski definition) is 5. The minimum Gasteiger partial charge on any atom is -0.450 e. The Kier molecular flexibility index (Phi) is 5.15. The second kappa shape index (κ2) is 7.51. The summed E-state index contributed by atoms with van der Waals surface area (Å²) in [5.74, 6) is -1.41. The Labute approximate surface area is 150 Å². The Bertz CT molecular complexity index is 719. The molecule has 138 valence electrons. The molecule has 3 rings (SSSR count). The van der Waals surface area contributed by atoms with Gasteiger partial charge in [0.1, 0.15) is 6.54 Å². The fraction of sp³-hybridized carbons (Fsp3) is 0.471. The van der Waals surface area contributed by atoms with Crippen molar-refractivity contribution in [2.45, 2.75) is 6.92 Å². The molecule has 1 saturated heterocycles. The Morgan fingerprint density at radius 2 is 1.85 bits per heavy atom. The third-order valence-corrected chi connectivity index (χ3v) is 4.44. The molecule has 9 heteroatoms. The van der Waals surface area contributed by atoms with Crippen LogP contribution in [0.1, 0.15) is 6.92 Å². The van der Waals surface area contributed by atoms with Gasteiger partial charge in [0, 0.05) is 26.2 Å². The monoisotopic (exact) mass is 360 g/mol. The van der Waals surface area contributed by atoms with Crippen LogP contribution in [0.2, 0.25) is 0 Å². The van der Waals surface area contributed by atoms with Gasteiger partial charge in [0.25, 0.3) is 0 Å². The number of carbonyl (C=O) groups excluding carboxylic acids is 4. The first-order valence-electron chi connectivity index (χ1n) is 8.49. The molecular weight excluding hydrogens is 340 g/mol. The maximum absolute atomic E-state index is 12.5. The van der Waals surface area contributed by atoms with Gasteiger partial charge in [0.05, 0.1) is 18.2 Å². The zero-order chi connectivity index (χ0) is 18.7. The first-order chi connectivity index (χ1) is 12.5. The van der Waals surface area contributed by atoms with Crippen LogP contribution in [0, 0.1) is 5.92 Å². The average Bonchev–Trinajstić information content (AvgIpc) is 2.65.